The third-order valence-corrected chi connectivity index (χ3v) is 4.39. The van der Waals surface area contributed by atoms with Crippen molar-refractivity contribution in [2.45, 2.75) is 31.3 Å². The SMILES string of the molecule is O=c1nc2c(ncn2[C@H]2C[C@H](O)[C@@H](CO)O2)c(NCCc2cnc[nH]2)[nH]1. The highest BCUT2D eigenvalue weighted by atomic mass is 16.5. The molecule has 0 saturated carbocycles. The zero-order valence-corrected chi connectivity index (χ0v) is 13.8. The van der Waals surface area contributed by atoms with E-state index in [1.807, 2.05) is 0 Å². The molecule has 3 aromatic heterocycles. The normalized spacial score (nSPS) is 22.9. The van der Waals surface area contributed by atoms with Gasteiger partial charge in [0.05, 0.1) is 25.4 Å². The molecule has 138 valence electrons. The van der Waals surface area contributed by atoms with Crippen LogP contribution in [0.1, 0.15) is 18.3 Å². The first-order valence-electron chi connectivity index (χ1n) is 8.28. The summed E-state index contributed by atoms with van der Waals surface area (Å²) >= 11 is 0. The highest BCUT2D eigenvalue weighted by Crippen LogP contribution is 2.31. The Morgan fingerprint density at radius 1 is 1.46 bits per heavy atom. The standard InChI is InChI=1S/C15H19N7O4/c23-5-10-9(24)3-11(26-10)22-7-19-12-13(20-15(25)21-14(12)22)17-2-1-8-4-16-6-18-8/h4,6-7,9-11,23-24H,1-3,5H2,(H,16,18)(H2,17,20,21,25)/t9-,10+,11+/m0/s1. The molecule has 0 spiro atoms. The summed E-state index contributed by atoms with van der Waals surface area (Å²) in [5, 5.41) is 22.3. The average molecular weight is 361 g/mol. The van der Waals surface area contributed by atoms with Crippen LogP contribution in [0.4, 0.5) is 5.82 Å². The number of hydrogen-bond acceptors (Lipinski definition) is 8. The lowest BCUT2D eigenvalue weighted by atomic mass is 10.2. The second kappa shape index (κ2) is 6.86. The smallest absolute Gasteiger partial charge is 0.348 e. The van der Waals surface area contributed by atoms with Gasteiger partial charge in [-0.05, 0) is 0 Å². The molecule has 3 aromatic rings. The first-order valence-corrected chi connectivity index (χ1v) is 8.28. The van der Waals surface area contributed by atoms with Gasteiger partial charge in [0.2, 0.25) is 0 Å². The van der Waals surface area contributed by atoms with E-state index in [-0.39, 0.29) is 13.0 Å². The number of hydrogen-bond donors (Lipinski definition) is 5. The van der Waals surface area contributed by atoms with Crippen LogP contribution in [0.2, 0.25) is 0 Å². The van der Waals surface area contributed by atoms with Crippen molar-refractivity contribution < 1.29 is 14.9 Å². The number of aliphatic hydroxyl groups is 2. The highest BCUT2D eigenvalue weighted by Gasteiger charge is 2.35. The van der Waals surface area contributed by atoms with Crippen LogP contribution >= 0.6 is 0 Å². The quantitative estimate of drug-likeness (QED) is 0.380. The first kappa shape index (κ1) is 16.7. The van der Waals surface area contributed by atoms with E-state index in [0.717, 1.165) is 5.69 Å². The summed E-state index contributed by atoms with van der Waals surface area (Å²) in [6.45, 7) is 0.286. The molecule has 5 N–H and O–H groups in total. The summed E-state index contributed by atoms with van der Waals surface area (Å²) in [5.41, 5.74) is 1.31. The number of rotatable bonds is 6. The summed E-state index contributed by atoms with van der Waals surface area (Å²) in [7, 11) is 0. The van der Waals surface area contributed by atoms with Crippen LogP contribution in [0, 0.1) is 0 Å². The predicted molar refractivity (Wildman–Crippen MR) is 90.5 cm³/mol. The third kappa shape index (κ3) is 3.07. The molecule has 0 unspecified atom stereocenters. The Morgan fingerprint density at radius 2 is 2.35 bits per heavy atom. The Hall–Kier alpha value is -2.76. The maximum atomic E-state index is 12.0. The van der Waals surface area contributed by atoms with Gasteiger partial charge in [-0.1, -0.05) is 0 Å². The number of aromatic nitrogens is 6. The lowest BCUT2D eigenvalue weighted by Crippen LogP contribution is -2.24. The van der Waals surface area contributed by atoms with Gasteiger partial charge in [0.1, 0.15) is 23.7 Å². The van der Waals surface area contributed by atoms with Gasteiger partial charge in [0.15, 0.2) is 5.65 Å². The molecule has 1 saturated heterocycles. The van der Waals surface area contributed by atoms with Gasteiger partial charge in [0.25, 0.3) is 0 Å². The summed E-state index contributed by atoms with van der Waals surface area (Å²) in [6.07, 6.45) is 3.86. The maximum absolute atomic E-state index is 12.0. The van der Waals surface area contributed by atoms with Crippen molar-refractivity contribution in [3.63, 3.8) is 0 Å². The van der Waals surface area contributed by atoms with Crippen molar-refractivity contribution in [3.05, 3.63) is 35.0 Å². The minimum atomic E-state index is -0.781. The van der Waals surface area contributed by atoms with Crippen LogP contribution in [0.5, 0.6) is 0 Å². The number of aliphatic hydroxyl groups excluding tert-OH is 2. The molecule has 0 bridgehead atoms. The summed E-state index contributed by atoms with van der Waals surface area (Å²) < 4.78 is 7.23. The minimum Gasteiger partial charge on any atom is -0.394 e. The fraction of sp³-hybridized carbons (Fsp3) is 0.467. The van der Waals surface area contributed by atoms with Crippen molar-refractivity contribution in [2.75, 3.05) is 18.5 Å². The Kier molecular flexibility index (Phi) is 4.41. The van der Waals surface area contributed by atoms with E-state index in [1.54, 1.807) is 17.1 Å². The number of imidazole rings is 2. The number of ether oxygens (including phenoxy) is 1. The zero-order valence-electron chi connectivity index (χ0n) is 13.8. The largest absolute Gasteiger partial charge is 0.394 e. The number of nitrogens with zero attached hydrogens (tertiary/aromatic N) is 4. The molecule has 0 aromatic carbocycles. The van der Waals surface area contributed by atoms with Crippen LogP contribution < -0.4 is 11.0 Å². The number of H-pyrrole nitrogens is 2. The fourth-order valence-corrected chi connectivity index (χ4v) is 3.06. The summed E-state index contributed by atoms with van der Waals surface area (Å²) in [6, 6.07) is 0. The highest BCUT2D eigenvalue weighted by molar-refractivity contribution is 5.82. The number of anilines is 1. The van der Waals surface area contributed by atoms with Gasteiger partial charge in [-0.15, -0.1) is 0 Å². The van der Waals surface area contributed by atoms with E-state index in [2.05, 4.69) is 30.2 Å². The molecule has 11 heteroatoms. The molecule has 11 nitrogen and oxygen atoms in total. The van der Waals surface area contributed by atoms with E-state index in [9.17, 15) is 15.0 Å². The molecular weight excluding hydrogens is 342 g/mol. The second-order valence-corrected chi connectivity index (χ2v) is 6.11. The van der Waals surface area contributed by atoms with Gasteiger partial charge >= 0.3 is 5.69 Å². The maximum Gasteiger partial charge on any atom is 0.348 e. The van der Waals surface area contributed by atoms with E-state index in [4.69, 9.17) is 4.74 Å². The Balaban J connectivity index is 1.58. The fourth-order valence-electron chi connectivity index (χ4n) is 3.06. The summed E-state index contributed by atoms with van der Waals surface area (Å²) in [4.78, 5) is 29.9. The lowest BCUT2D eigenvalue weighted by Gasteiger charge is -2.13. The molecule has 1 fully saturated rings. The molecule has 4 heterocycles. The van der Waals surface area contributed by atoms with Crippen LogP contribution in [-0.2, 0) is 11.2 Å². The first-order chi connectivity index (χ1) is 12.7. The molecule has 0 aliphatic carbocycles. The molecule has 0 amide bonds. The zero-order chi connectivity index (χ0) is 18.1. The van der Waals surface area contributed by atoms with E-state index in [0.29, 0.717) is 29.9 Å². The van der Waals surface area contributed by atoms with Gasteiger partial charge in [-0.2, -0.15) is 4.98 Å². The van der Waals surface area contributed by atoms with Crippen molar-refractivity contribution in [1.29, 1.82) is 0 Å². The minimum absolute atomic E-state index is 0.279. The molecular formula is C15H19N7O4. The van der Waals surface area contributed by atoms with Crippen LogP contribution in [0.3, 0.4) is 0 Å². The molecule has 4 rings (SSSR count). The van der Waals surface area contributed by atoms with Gasteiger partial charge < -0.3 is 25.3 Å². The number of aromatic amines is 2. The predicted octanol–water partition coefficient (Wildman–Crippen LogP) is -0.862. The molecule has 0 radical (unpaired) electrons. The lowest BCUT2D eigenvalue weighted by molar-refractivity contribution is -0.0432. The molecule has 1 aliphatic heterocycles. The third-order valence-electron chi connectivity index (χ3n) is 4.39. The Morgan fingerprint density at radius 3 is 3.08 bits per heavy atom. The summed E-state index contributed by atoms with van der Waals surface area (Å²) in [5.74, 6) is 0.468. The van der Waals surface area contributed by atoms with Crippen LogP contribution in [-0.4, -0.2) is 65.1 Å². The number of fused-ring (bicyclic) bond motifs is 1. The van der Waals surface area contributed by atoms with Crippen molar-refractivity contribution in [3.8, 4) is 0 Å². The second-order valence-electron chi connectivity index (χ2n) is 6.11. The molecule has 3 atom stereocenters. The van der Waals surface area contributed by atoms with Gasteiger partial charge in [-0.3, -0.25) is 9.55 Å². The monoisotopic (exact) mass is 361 g/mol. The van der Waals surface area contributed by atoms with Crippen molar-refractivity contribution >= 4 is 17.0 Å². The van der Waals surface area contributed by atoms with Crippen LogP contribution in [0.15, 0.2) is 23.6 Å². The Bertz CT molecular complexity index is 935. The van der Waals surface area contributed by atoms with Crippen LogP contribution in [0.25, 0.3) is 11.2 Å². The van der Waals surface area contributed by atoms with Crippen molar-refractivity contribution in [1.82, 2.24) is 29.5 Å². The van der Waals surface area contributed by atoms with E-state index < -0.39 is 24.1 Å². The number of nitrogens with one attached hydrogen (secondary N) is 3. The van der Waals surface area contributed by atoms with E-state index in [1.165, 1.54) is 6.33 Å². The Labute approximate surface area is 147 Å². The van der Waals surface area contributed by atoms with E-state index >= 15 is 0 Å². The topological polar surface area (TPSA) is 154 Å². The van der Waals surface area contributed by atoms with Gasteiger partial charge in [-0.25, -0.2) is 14.8 Å². The van der Waals surface area contributed by atoms with Crippen molar-refractivity contribution in [2.24, 2.45) is 0 Å². The molecule has 26 heavy (non-hydrogen) atoms. The van der Waals surface area contributed by atoms with Gasteiger partial charge in [0, 0.05) is 31.3 Å². The average Bonchev–Trinajstić information content (AvgIpc) is 3.34. The molecule has 1 aliphatic rings.